The molecule has 1 rings (SSSR count). The van der Waals surface area contributed by atoms with Crippen molar-refractivity contribution >= 4 is 17.8 Å². The zero-order chi connectivity index (χ0) is 30.9. The van der Waals surface area contributed by atoms with Gasteiger partial charge in [-0.05, 0) is 58.8 Å². The van der Waals surface area contributed by atoms with Crippen LogP contribution >= 0.6 is 0 Å². The zero-order valence-electron chi connectivity index (χ0n) is 26.8. The molecule has 2 amide bonds. The lowest BCUT2D eigenvalue weighted by Gasteiger charge is -2.20. The van der Waals surface area contributed by atoms with Crippen LogP contribution in [0, 0.1) is 11.8 Å². The van der Waals surface area contributed by atoms with E-state index in [2.05, 4.69) is 32.5 Å². The Morgan fingerprint density at radius 2 is 1.21 bits per heavy atom. The molecule has 1 saturated heterocycles. The van der Waals surface area contributed by atoms with Crippen LogP contribution in [-0.2, 0) is 28.7 Å². The quantitative estimate of drug-likeness (QED) is 0.314. The first-order valence-corrected chi connectivity index (χ1v) is 13.9. The monoisotopic (exact) mass is 551 g/mol. The molecule has 9 heteroatoms. The van der Waals surface area contributed by atoms with Gasteiger partial charge in [-0.2, -0.15) is 0 Å². The molecule has 2 N–H and O–H groups in total. The Morgan fingerprint density at radius 3 is 1.37 bits per heavy atom. The van der Waals surface area contributed by atoms with Crippen molar-refractivity contribution in [3.8, 4) is 0 Å². The second-order valence-electron chi connectivity index (χ2n) is 10.4. The fraction of sp³-hybridized carbons (Fsp3) is 0.897. The van der Waals surface area contributed by atoms with Gasteiger partial charge in [0.25, 0.3) is 11.8 Å². The third-order valence-corrected chi connectivity index (χ3v) is 5.72. The maximum atomic E-state index is 10.7. The Labute approximate surface area is 233 Å². The summed E-state index contributed by atoms with van der Waals surface area (Å²) in [6, 6.07) is 0. The molecule has 1 heterocycles. The molecule has 0 aromatic rings. The average molecular weight is 552 g/mol. The number of carbonyl (C=O) groups excluding carboxylic acids is 3. The molecule has 9 nitrogen and oxygen atoms in total. The number of hydrogen-bond acceptors (Lipinski definition) is 8. The highest BCUT2D eigenvalue weighted by molar-refractivity contribution is 6.01. The number of imide groups is 1. The largest absolute Gasteiger partial charge is 0.396 e. The van der Waals surface area contributed by atoms with E-state index in [0.29, 0.717) is 17.9 Å². The van der Waals surface area contributed by atoms with E-state index >= 15 is 0 Å². The van der Waals surface area contributed by atoms with Crippen molar-refractivity contribution in [3.63, 3.8) is 0 Å². The molecule has 0 unspecified atom stereocenters. The molecule has 38 heavy (non-hydrogen) atoms. The molecule has 0 atom stereocenters. The summed E-state index contributed by atoms with van der Waals surface area (Å²) in [6.45, 7) is 22.5. The summed E-state index contributed by atoms with van der Waals surface area (Å²) in [4.78, 5) is 36.1. The molecule has 0 bridgehead atoms. The standard InChI is InChI=1S/C9H20.C6H7NO4.2C6H14O2.C2H6/c1-5-9(6-2)7-8(3)4;1-4(8)11-7-5(9)2-3-6(7)10;2*1-6(2,8-3)4-5-7;1-2/h8-9H,5-7H2,1-4H3;2-3H2,1H3;2*7H,4-5H2,1-3H3;1-2H3. The minimum Gasteiger partial charge on any atom is -0.396 e. The van der Waals surface area contributed by atoms with E-state index in [0.717, 1.165) is 18.8 Å². The highest BCUT2D eigenvalue weighted by Crippen LogP contribution is 2.17. The first-order valence-electron chi connectivity index (χ1n) is 13.9. The number of amides is 2. The fourth-order valence-electron chi connectivity index (χ4n) is 2.82. The number of nitrogens with zero attached hydrogens (tertiary/aromatic N) is 1. The van der Waals surface area contributed by atoms with Crippen molar-refractivity contribution in [1.29, 1.82) is 0 Å². The highest BCUT2D eigenvalue weighted by atomic mass is 16.7. The number of aliphatic hydroxyl groups is 2. The Kier molecular flexibility index (Phi) is 29.4. The smallest absolute Gasteiger partial charge is 0.330 e. The first kappa shape index (κ1) is 43.5. The fourth-order valence-corrected chi connectivity index (χ4v) is 2.82. The van der Waals surface area contributed by atoms with Gasteiger partial charge in [0.05, 0.1) is 11.2 Å². The second-order valence-corrected chi connectivity index (χ2v) is 10.4. The van der Waals surface area contributed by atoms with Gasteiger partial charge in [-0.3, -0.25) is 9.59 Å². The summed E-state index contributed by atoms with van der Waals surface area (Å²) in [6.07, 6.45) is 5.78. The van der Waals surface area contributed by atoms with E-state index in [9.17, 15) is 14.4 Å². The van der Waals surface area contributed by atoms with Crippen LogP contribution in [0.4, 0.5) is 0 Å². The number of methoxy groups -OCH3 is 2. The van der Waals surface area contributed by atoms with Crippen molar-refractivity contribution in [1.82, 2.24) is 5.06 Å². The van der Waals surface area contributed by atoms with Gasteiger partial charge in [-0.1, -0.05) is 54.4 Å². The molecule has 0 aromatic heterocycles. The second kappa shape index (κ2) is 25.7. The van der Waals surface area contributed by atoms with E-state index in [1.807, 2.05) is 41.5 Å². The van der Waals surface area contributed by atoms with Crippen molar-refractivity contribution < 1.29 is 38.9 Å². The van der Waals surface area contributed by atoms with E-state index in [-0.39, 0.29) is 37.3 Å². The van der Waals surface area contributed by atoms with E-state index in [1.54, 1.807) is 14.2 Å². The predicted octanol–water partition coefficient (Wildman–Crippen LogP) is 5.70. The molecule has 1 aliphatic rings. The molecule has 0 aliphatic carbocycles. The van der Waals surface area contributed by atoms with Crippen molar-refractivity contribution in [2.24, 2.45) is 11.8 Å². The zero-order valence-corrected chi connectivity index (χ0v) is 26.8. The maximum absolute atomic E-state index is 10.7. The van der Waals surface area contributed by atoms with E-state index in [4.69, 9.17) is 19.7 Å². The lowest BCUT2D eigenvalue weighted by molar-refractivity contribution is -0.195. The van der Waals surface area contributed by atoms with Gasteiger partial charge < -0.3 is 24.5 Å². The van der Waals surface area contributed by atoms with Gasteiger partial charge in [-0.25, -0.2) is 4.79 Å². The van der Waals surface area contributed by atoms with Crippen LogP contribution in [0.1, 0.15) is 121 Å². The summed E-state index contributed by atoms with van der Waals surface area (Å²) >= 11 is 0. The summed E-state index contributed by atoms with van der Waals surface area (Å²) in [5, 5.41) is 17.4. The molecule has 0 aromatic carbocycles. The SMILES string of the molecule is CC.CC(=O)ON1C(=O)CCC1=O.CCC(CC)CC(C)C.COC(C)(C)CCO.COC(C)(C)CCO. The van der Waals surface area contributed by atoms with Gasteiger partial charge >= 0.3 is 5.97 Å². The van der Waals surface area contributed by atoms with Gasteiger partial charge in [-0.15, -0.1) is 5.06 Å². The molecule has 0 saturated carbocycles. The summed E-state index contributed by atoms with van der Waals surface area (Å²) in [5.41, 5.74) is -0.316. The van der Waals surface area contributed by atoms with Gasteiger partial charge in [0.2, 0.25) is 0 Å². The van der Waals surface area contributed by atoms with Gasteiger partial charge in [0.15, 0.2) is 0 Å². The number of ether oxygens (including phenoxy) is 2. The Balaban J connectivity index is -0.000000200. The summed E-state index contributed by atoms with van der Waals surface area (Å²) in [5.74, 6) is 0.295. The van der Waals surface area contributed by atoms with Crippen LogP contribution < -0.4 is 0 Å². The molecule has 0 radical (unpaired) electrons. The van der Waals surface area contributed by atoms with Crippen LogP contribution in [0.25, 0.3) is 0 Å². The summed E-state index contributed by atoms with van der Waals surface area (Å²) in [7, 11) is 3.30. The van der Waals surface area contributed by atoms with Crippen LogP contribution in [0.5, 0.6) is 0 Å². The molecular formula is C29H61NO8. The van der Waals surface area contributed by atoms with Gasteiger partial charge in [0.1, 0.15) is 0 Å². The topological polar surface area (TPSA) is 123 Å². The number of hydroxylamine groups is 2. The van der Waals surface area contributed by atoms with Crippen molar-refractivity contribution in [3.05, 3.63) is 0 Å². The number of hydrogen-bond donors (Lipinski definition) is 2. The first-order chi connectivity index (χ1) is 17.6. The molecule has 1 fully saturated rings. The molecule has 0 spiro atoms. The van der Waals surface area contributed by atoms with Crippen LogP contribution in [0.15, 0.2) is 0 Å². The lowest BCUT2D eigenvalue weighted by atomic mass is 9.93. The summed E-state index contributed by atoms with van der Waals surface area (Å²) < 4.78 is 10.0. The molecule has 1 aliphatic heterocycles. The maximum Gasteiger partial charge on any atom is 0.330 e. The predicted molar refractivity (Wildman–Crippen MR) is 153 cm³/mol. The number of rotatable bonds is 11. The average Bonchev–Trinajstić information content (AvgIpc) is 3.16. The van der Waals surface area contributed by atoms with Crippen LogP contribution in [0.3, 0.4) is 0 Å². The lowest BCUT2D eigenvalue weighted by Crippen LogP contribution is -2.30. The number of aliphatic hydroxyl groups excluding tert-OH is 2. The minimum absolute atomic E-state index is 0.131. The van der Waals surface area contributed by atoms with Crippen LogP contribution in [-0.4, -0.2) is 71.7 Å². The normalized spacial score (nSPS) is 12.9. The van der Waals surface area contributed by atoms with E-state index < -0.39 is 17.8 Å². The third-order valence-electron chi connectivity index (χ3n) is 5.72. The molecular weight excluding hydrogens is 490 g/mol. The Hall–Kier alpha value is -1.55. The Bertz CT molecular complexity index is 553. The highest BCUT2D eigenvalue weighted by Gasteiger charge is 2.31. The van der Waals surface area contributed by atoms with Gasteiger partial charge in [0, 0.05) is 47.2 Å². The Morgan fingerprint density at radius 1 is 0.868 bits per heavy atom. The minimum atomic E-state index is -0.659. The van der Waals surface area contributed by atoms with Crippen LogP contribution in [0.2, 0.25) is 0 Å². The van der Waals surface area contributed by atoms with Crippen molar-refractivity contribution in [2.45, 2.75) is 132 Å². The van der Waals surface area contributed by atoms with Crippen molar-refractivity contribution in [2.75, 3.05) is 27.4 Å². The third kappa shape index (κ3) is 27.5. The molecule has 230 valence electrons. The number of carbonyl (C=O) groups is 3. The van der Waals surface area contributed by atoms with E-state index in [1.165, 1.54) is 19.3 Å².